The number of anilines is 2. The first-order chi connectivity index (χ1) is 9.52. The summed E-state index contributed by atoms with van der Waals surface area (Å²) in [6, 6.07) is 12.3. The summed E-state index contributed by atoms with van der Waals surface area (Å²) < 4.78 is 0. The number of benzene rings is 2. The molecular weight excluding hydrogens is 252 g/mol. The van der Waals surface area contributed by atoms with E-state index in [9.17, 15) is 9.90 Å². The Bertz CT molecular complexity index is 621. The zero-order chi connectivity index (χ0) is 14.7. The molecule has 0 fully saturated rings. The van der Waals surface area contributed by atoms with Gasteiger partial charge in [-0.25, -0.2) is 0 Å². The van der Waals surface area contributed by atoms with Crippen LogP contribution in [0.3, 0.4) is 0 Å². The van der Waals surface area contributed by atoms with Crippen LogP contribution in [0.5, 0.6) is 5.75 Å². The zero-order valence-electron chi connectivity index (χ0n) is 11.6. The molecule has 0 aliphatic rings. The van der Waals surface area contributed by atoms with E-state index in [4.69, 9.17) is 5.73 Å². The highest BCUT2D eigenvalue weighted by Crippen LogP contribution is 2.23. The number of carbonyl (C=O) groups excluding carboxylic acids is 1. The van der Waals surface area contributed by atoms with E-state index in [2.05, 4.69) is 6.92 Å². The molecular formula is C16H18N2O2. The normalized spacial score (nSPS) is 10.3. The van der Waals surface area contributed by atoms with Crippen LogP contribution in [0.1, 0.15) is 22.8 Å². The van der Waals surface area contributed by atoms with Crippen LogP contribution in [-0.2, 0) is 6.42 Å². The Balaban J connectivity index is 2.24. The minimum Gasteiger partial charge on any atom is -0.506 e. The number of phenols is 1. The first-order valence-corrected chi connectivity index (χ1v) is 6.48. The van der Waals surface area contributed by atoms with Gasteiger partial charge in [0, 0.05) is 18.3 Å². The summed E-state index contributed by atoms with van der Waals surface area (Å²) in [6.07, 6.45) is 0.962. The number of amides is 1. The molecule has 0 unspecified atom stereocenters. The quantitative estimate of drug-likeness (QED) is 0.665. The molecule has 2 aromatic carbocycles. The molecule has 20 heavy (non-hydrogen) atoms. The van der Waals surface area contributed by atoms with E-state index in [1.807, 2.05) is 24.3 Å². The van der Waals surface area contributed by atoms with Gasteiger partial charge in [-0.3, -0.25) is 4.79 Å². The molecule has 4 nitrogen and oxygen atoms in total. The number of hydrogen-bond donors (Lipinski definition) is 2. The summed E-state index contributed by atoms with van der Waals surface area (Å²) >= 11 is 0. The van der Waals surface area contributed by atoms with Gasteiger partial charge < -0.3 is 15.7 Å². The van der Waals surface area contributed by atoms with Gasteiger partial charge in [0.05, 0.1) is 5.69 Å². The van der Waals surface area contributed by atoms with Crippen molar-refractivity contribution in [1.29, 1.82) is 0 Å². The summed E-state index contributed by atoms with van der Waals surface area (Å²) in [7, 11) is 1.71. The topological polar surface area (TPSA) is 66.6 Å². The highest BCUT2D eigenvalue weighted by molar-refractivity contribution is 6.06. The highest BCUT2D eigenvalue weighted by atomic mass is 16.3. The number of phenolic OH excluding ortho intramolecular Hbond substituents is 1. The Hall–Kier alpha value is -2.49. The van der Waals surface area contributed by atoms with Crippen LogP contribution in [0, 0.1) is 0 Å². The minimum atomic E-state index is -0.190. The van der Waals surface area contributed by atoms with Gasteiger partial charge in [0.15, 0.2) is 0 Å². The predicted molar refractivity (Wildman–Crippen MR) is 81.1 cm³/mol. The molecule has 0 saturated heterocycles. The number of nitrogen functional groups attached to an aromatic ring is 1. The van der Waals surface area contributed by atoms with E-state index in [0.717, 1.165) is 12.1 Å². The summed E-state index contributed by atoms with van der Waals surface area (Å²) in [5, 5.41) is 9.57. The Labute approximate surface area is 118 Å². The number of nitrogens with two attached hydrogens (primary N) is 1. The van der Waals surface area contributed by atoms with Crippen molar-refractivity contribution in [1.82, 2.24) is 0 Å². The van der Waals surface area contributed by atoms with Crippen molar-refractivity contribution in [2.24, 2.45) is 0 Å². The Morgan fingerprint density at radius 2 is 1.85 bits per heavy atom. The fraction of sp³-hybridized carbons (Fsp3) is 0.188. The molecule has 0 aliphatic heterocycles. The molecule has 0 radical (unpaired) electrons. The Morgan fingerprint density at radius 3 is 2.40 bits per heavy atom. The second-order valence-electron chi connectivity index (χ2n) is 4.66. The van der Waals surface area contributed by atoms with Crippen LogP contribution in [0.15, 0.2) is 42.5 Å². The molecule has 0 aliphatic carbocycles. The fourth-order valence-corrected chi connectivity index (χ4v) is 1.94. The van der Waals surface area contributed by atoms with E-state index >= 15 is 0 Å². The molecule has 0 aromatic heterocycles. The molecule has 0 atom stereocenters. The third kappa shape index (κ3) is 2.74. The van der Waals surface area contributed by atoms with Crippen LogP contribution in [0.4, 0.5) is 11.4 Å². The fourth-order valence-electron chi connectivity index (χ4n) is 1.94. The maximum Gasteiger partial charge on any atom is 0.258 e. The summed E-state index contributed by atoms with van der Waals surface area (Å²) in [5.74, 6) is -0.268. The number of nitrogens with zero attached hydrogens (tertiary/aromatic N) is 1. The first kappa shape index (κ1) is 13.9. The molecule has 0 saturated carbocycles. The van der Waals surface area contributed by atoms with Crippen molar-refractivity contribution >= 4 is 17.3 Å². The van der Waals surface area contributed by atoms with Gasteiger partial charge in [-0.05, 0) is 42.3 Å². The van der Waals surface area contributed by atoms with Gasteiger partial charge in [-0.2, -0.15) is 0 Å². The van der Waals surface area contributed by atoms with Crippen molar-refractivity contribution in [3.63, 3.8) is 0 Å². The second kappa shape index (κ2) is 5.65. The lowest BCUT2D eigenvalue weighted by molar-refractivity contribution is 0.0992. The molecule has 0 spiro atoms. The lowest BCUT2D eigenvalue weighted by atomic mass is 10.1. The van der Waals surface area contributed by atoms with Crippen LogP contribution in [0.2, 0.25) is 0 Å². The first-order valence-electron chi connectivity index (χ1n) is 6.48. The van der Waals surface area contributed by atoms with Crippen molar-refractivity contribution in [3.8, 4) is 5.75 Å². The molecule has 0 heterocycles. The molecule has 3 N–H and O–H groups in total. The van der Waals surface area contributed by atoms with Crippen LogP contribution in [-0.4, -0.2) is 18.1 Å². The minimum absolute atomic E-state index is 0.0782. The largest absolute Gasteiger partial charge is 0.506 e. The van der Waals surface area contributed by atoms with Crippen molar-refractivity contribution in [3.05, 3.63) is 53.6 Å². The van der Waals surface area contributed by atoms with Gasteiger partial charge in [0.1, 0.15) is 5.75 Å². The smallest absolute Gasteiger partial charge is 0.258 e. The van der Waals surface area contributed by atoms with E-state index in [0.29, 0.717) is 5.56 Å². The SMILES string of the molecule is CCc1ccc(N(C)C(=O)c2ccc(N)c(O)c2)cc1. The van der Waals surface area contributed by atoms with Gasteiger partial charge >= 0.3 is 0 Å². The zero-order valence-corrected chi connectivity index (χ0v) is 11.6. The lowest BCUT2D eigenvalue weighted by Crippen LogP contribution is -2.26. The van der Waals surface area contributed by atoms with Gasteiger partial charge in [-0.1, -0.05) is 19.1 Å². The summed E-state index contributed by atoms with van der Waals surface area (Å²) in [5.41, 5.74) is 8.23. The number of aromatic hydroxyl groups is 1. The number of aryl methyl sites for hydroxylation is 1. The second-order valence-corrected chi connectivity index (χ2v) is 4.66. The lowest BCUT2D eigenvalue weighted by Gasteiger charge is -2.18. The van der Waals surface area contributed by atoms with E-state index in [1.165, 1.54) is 17.7 Å². The molecule has 104 valence electrons. The maximum absolute atomic E-state index is 12.3. The number of rotatable bonds is 3. The van der Waals surface area contributed by atoms with Crippen molar-refractivity contribution < 1.29 is 9.90 Å². The predicted octanol–water partition coefficient (Wildman–Crippen LogP) is 2.81. The standard InChI is InChI=1S/C16H18N2O2/c1-3-11-4-7-13(8-5-11)18(2)16(20)12-6-9-14(17)15(19)10-12/h4-10,19H,3,17H2,1-2H3. The Morgan fingerprint density at radius 1 is 1.20 bits per heavy atom. The number of hydrogen-bond acceptors (Lipinski definition) is 3. The van der Waals surface area contributed by atoms with E-state index in [1.54, 1.807) is 18.0 Å². The van der Waals surface area contributed by atoms with Gasteiger partial charge in [0.2, 0.25) is 0 Å². The van der Waals surface area contributed by atoms with E-state index < -0.39 is 0 Å². The van der Waals surface area contributed by atoms with Crippen LogP contribution >= 0.6 is 0 Å². The van der Waals surface area contributed by atoms with Gasteiger partial charge in [-0.15, -0.1) is 0 Å². The average Bonchev–Trinajstić information content (AvgIpc) is 2.48. The van der Waals surface area contributed by atoms with Crippen LogP contribution in [0.25, 0.3) is 0 Å². The van der Waals surface area contributed by atoms with Crippen molar-refractivity contribution in [2.45, 2.75) is 13.3 Å². The molecule has 4 heteroatoms. The van der Waals surface area contributed by atoms with E-state index in [-0.39, 0.29) is 17.3 Å². The highest BCUT2D eigenvalue weighted by Gasteiger charge is 2.14. The third-order valence-electron chi connectivity index (χ3n) is 3.31. The Kier molecular flexibility index (Phi) is 3.94. The van der Waals surface area contributed by atoms with Gasteiger partial charge in [0.25, 0.3) is 5.91 Å². The molecule has 2 rings (SSSR count). The van der Waals surface area contributed by atoms with Crippen molar-refractivity contribution in [2.75, 3.05) is 17.7 Å². The molecule has 0 bridgehead atoms. The molecule has 1 amide bonds. The average molecular weight is 270 g/mol. The summed E-state index contributed by atoms with van der Waals surface area (Å²) in [4.78, 5) is 13.9. The summed E-state index contributed by atoms with van der Waals surface area (Å²) in [6.45, 7) is 2.08. The molecule has 2 aromatic rings. The van der Waals surface area contributed by atoms with Crippen LogP contribution < -0.4 is 10.6 Å². The number of carbonyl (C=O) groups is 1. The third-order valence-corrected chi connectivity index (χ3v) is 3.31. The maximum atomic E-state index is 12.3. The monoisotopic (exact) mass is 270 g/mol.